The molecular weight excluding hydrogens is 86.1 g/mol. The van der Waals surface area contributed by atoms with Crippen LogP contribution >= 0.6 is 0 Å². The molecule has 0 atom stereocenters. The van der Waals surface area contributed by atoms with E-state index in [4.69, 9.17) is 0 Å². The molecule has 0 saturated carbocycles. The van der Waals surface area contributed by atoms with Crippen LogP contribution in [0, 0.1) is 0 Å². The molecule has 0 spiro atoms. The molecule has 0 radical (unpaired) electrons. The second kappa shape index (κ2) is 3.72. The molecular formula is C6H13N. The molecule has 0 rings (SSSR count). The standard InChI is InChI=1S/C6H13N/c1-4-7(5-2)6-3/h4H,1,5-6H2,2-3H3. The third kappa shape index (κ3) is 2.26. The van der Waals surface area contributed by atoms with Crippen molar-refractivity contribution in [2.75, 3.05) is 13.1 Å². The number of hydrogen-bond acceptors (Lipinski definition) is 1. The van der Waals surface area contributed by atoms with E-state index in [0.29, 0.717) is 0 Å². The van der Waals surface area contributed by atoms with Crippen molar-refractivity contribution in [1.29, 1.82) is 0 Å². The molecule has 0 fully saturated rings. The van der Waals surface area contributed by atoms with Gasteiger partial charge in [-0.1, -0.05) is 6.58 Å². The number of nitrogens with zero attached hydrogens (tertiary/aromatic N) is 1. The monoisotopic (exact) mass is 99.1 g/mol. The lowest BCUT2D eigenvalue weighted by Gasteiger charge is -2.12. The maximum atomic E-state index is 3.63. The van der Waals surface area contributed by atoms with Gasteiger partial charge in [0, 0.05) is 13.1 Å². The molecule has 0 aromatic rings. The summed E-state index contributed by atoms with van der Waals surface area (Å²) in [7, 11) is 0. The Balaban J connectivity index is 3.16. The minimum atomic E-state index is 1.07. The Bertz CT molecular complexity index is 46.1. The van der Waals surface area contributed by atoms with Crippen LogP contribution in [0.2, 0.25) is 0 Å². The van der Waals surface area contributed by atoms with E-state index in [1.807, 2.05) is 6.20 Å². The van der Waals surface area contributed by atoms with Gasteiger partial charge in [-0.15, -0.1) is 0 Å². The molecule has 0 aliphatic heterocycles. The maximum absolute atomic E-state index is 3.63. The van der Waals surface area contributed by atoms with Crippen molar-refractivity contribution >= 4 is 0 Å². The summed E-state index contributed by atoms with van der Waals surface area (Å²) >= 11 is 0. The van der Waals surface area contributed by atoms with Crippen LogP contribution in [0.5, 0.6) is 0 Å². The second-order valence-electron chi connectivity index (χ2n) is 1.40. The first kappa shape index (κ1) is 6.54. The first-order valence-electron chi connectivity index (χ1n) is 2.71. The van der Waals surface area contributed by atoms with Crippen LogP contribution in [0.4, 0.5) is 0 Å². The van der Waals surface area contributed by atoms with Crippen molar-refractivity contribution in [2.24, 2.45) is 0 Å². The highest BCUT2D eigenvalue weighted by Gasteiger charge is 1.83. The molecule has 0 aliphatic carbocycles. The molecule has 0 bridgehead atoms. The molecule has 0 saturated heterocycles. The van der Waals surface area contributed by atoms with Crippen LogP contribution in [-0.4, -0.2) is 18.0 Å². The van der Waals surface area contributed by atoms with E-state index in [1.165, 1.54) is 0 Å². The molecule has 7 heavy (non-hydrogen) atoms. The van der Waals surface area contributed by atoms with Crippen LogP contribution in [-0.2, 0) is 0 Å². The van der Waals surface area contributed by atoms with Gasteiger partial charge in [0.2, 0.25) is 0 Å². The van der Waals surface area contributed by atoms with Crippen molar-refractivity contribution in [1.82, 2.24) is 4.90 Å². The first-order valence-corrected chi connectivity index (χ1v) is 2.71. The molecule has 0 heterocycles. The van der Waals surface area contributed by atoms with Gasteiger partial charge in [-0.05, 0) is 20.0 Å². The second-order valence-corrected chi connectivity index (χ2v) is 1.40. The van der Waals surface area contributed by atoms with Crippen LogP contribution in [0.3, 0.4) is 0 Å². The van der Waals surface area contributed by atoms with E-state index in [1.54, 1.807) is 0 Å². The predicted molar refractivity (Wildman–Crippen MR) is 33.1 cm³/mol. The molecule has 0 unspecified atom stereocenters. The van der Waals surface area contributed by atoms with Gasteiger partial charge in [0.05, 0.1) is 0 Å². The lowest BCUT2D eigenvalue weighted by Crippen LogP contribution is -2.14. The smallest absolute Gasteiger partial charge is 0.0143 e. The Morgan fingerprint density at radius 1 is 1.43 bits per heavy atom. The van der Waals surface area contributed by atoms with Gasteiger partial charge in [0.25, 0.3) is 0 Å². The molecule has 0 aliphatic rings. The Labute approximate surface area is 45.6 Å². The minimum absolute atomic E-state index is 1.07. The summed E-state index contributed by atoms with van der Waals surface area (Å²) in [5.41, 5.74) is 0. The molecule has 0 N–H and O–H groups in total. The molecule has 0 amide bonds. The summed E-state index contributed by atoms with van der Waals surface area (Å²) in [6.07, 6.45) is 1.86. The van der Waals surface area contributed by atoms with Crippen molar-refractivity contribution in [2.45, 2.75) is 13.8 Å². The van der Waals surface area contributed by atoms with Crippen LogP contribution in [0.25, 0.3) is 0 Å². The lowest BCUT2D eigenvalue weighted by atomic mass is 10.5. The fourth-order valence-electron chi connectivity index (χ4n) is 0.482. The van der Waals surface area contributed by atoms with Crippen molar-refractivity contribution in [3.63, 3.8) is 0 Å². The van der Waals surface area contributed by atoms with Gasteiger partial charge in [-0.25, -0.2) is 0 Å². The van der Waals surface area contributed by atoms with Gasteiger partial charge in [-0.3, -0.25) is 0 Å². The van der Waals surface area contributed by atoms with E-state index >= 15 is 0 Å². The predicted octanol–water partition coefficient (Wildman–Crippen LogP) is 1.47. The fraction of sp³-hybridized carbons (Fsp3) is 0.667. The topological polar surface area (TPSA) is 3.24 Å². The highest BCUT2D eigenvalue weighted by atomic mass is 15.1. The summed E-state index contributed by atoms with van der Waals surface area (Å²) < 4.78 is 0. The Kier molecular flexibility index (Phi) is 3.48. The molecule has 1 heteroatoms. The van der Waals surface area contributed by atoms with E-state index in [9.17, 15) is 0 Å². The molecule has 0 aromatic carbocycles. The zero-order chi connectivity index (χ0) is 5.70. The zero-order valence-corrected chi connectivity index (χ0v) is 5.15. The number of hydrogen-bond donors (Lipinski definition) is 0. The Morgan fingerprint density at radius 3 is 1.86 bits per heavy atom. The average molecular weight is 99.2 g/mol. The molecule has 42 valence electrons. The SMILES string of the molecule is C=CN(CC)CC. The van der Waals surface area contributed by atoms with Crippen molar-refractivity contribution in [3.8, 4) is 0 Å². The third-order valence-electron chi connectivity index (χ3n) is 1.07. The summed E-state index contributed by atoms with van der Waals surface area (Å²) in [6, 6.07) is 0. The van der Waals surface area contributed by atoms with Crippen LogP contribution < -0.4 is 0 Å². The summed E-state index contributed by atoms with van der Waals surface area (Å²) in [6.45, 7) is 10.0. The fourth-order valence-corrected chi connectivity index (χ4v) is 0.482. The number of rotatable bonds is 3. The third-order valence-corrected chi connectivity index (χ3v) is 1.07. The van der Waals surface area contributed by atoms with Gasteiger partial charge in [0.1, 0.15) is 0 Å². The van der Waals surface area contributed by atoms with Crippen molar-refractivity contribution < 1.29 is 0 Å². The summed E-state index contributed by atoms with van der Waals surface area (Å²) in [5, 5.41) is 0. The summed E-state index contributed by atoms with van der Waals surface area (Å²) in [5.74, 6) is 0. The molecule has 1 nitrogen and oxygen atoms in total. The quantitative estimate of drug-likeness (QED) is 0.518. The van der Waals surface area contributed by atoms with E-state index in [0.717, 1.165) is 13.1 Å². The summed E-state index contributed by atoms with van der Waals surface area (Å²) in [4.78, 5) is 2.14. The van der Waals surface area contributed by atoms with E-state index in [-0.39, 0.29) is 0 Å². The highest BCUT2D eigenvalue weighted by Crippen LogP contribution is 1.82. The zero-order valence-electron chi connectivity index (χ0n) is 5.15. The maximum Gasteiger partial charge on any atom is 0.0143 e. The van der Waals surface area contributed by atoms with Crippen LogP contribution in [0.1, 0.15) is 13.8 Å². The van der Waals surface area contributed by atoms with Crippen LogP contribution in [0.15, 0.2) is 12.8 Å². The normalized spacial score (nSPS) is 8.29. The largest absolute Gasteiger partial charge is 0.378 e. The van der Waals surface area contributed by atoms with Gasteiger partial charge in [0.15, 0.2) is 0 Å². The Hall–Kier alpha value is -0.460. The van der Waals surface area contributed by atoms with E-state index < -0.39 is 0 Å². The van der Waals surface area contributed by atoms with Crippen molar-refractivity contribution in [3.05, 3.63) is 12.8 Å². The average Bonchev–Trinajstić information content (AvgIpc) is 1.72. The minimum Gasteiger partial charge on any atom is -0.378 e. The Morgan fingerprint density at radius 2 is 1.86 bits per heavy atom. The highest BCUT2D eigenvalue weighted by molar-refractivity contribution is 4.66. The molecule has 0 aromatic heterocycles. The van der Waals surface area contributed by atoms with Gasteiger partial charge in [-0.2, -0.15) is 0 Å². The lowest BCUT2D eigenvalue weighted by molar-refractivity contribution is 0.420. The van der Waals surface area contributed by atoms with Gasteiger partial charge >= 0.3 is 0 Å². The van der Waals surface area contributed by atoms with Gasteiger partial charge < -0.3 is 4.90 Å². The first-order chi connectivity index (χ1) is 3.35. The van der Waals surface area contributed by atoms with E-state index in [2.05, 4.69) is 25.3 Å².